The largest absolute Gasteiger partial charge is 0.324 e. The molecular formula is C17H16N2. The van der Waals surface area contributed by atoms with Crippen LogP contribution >= 0.6 is 0 Å². The molecule has 0 aliphatic carbocycles. The maximum absolute atomic E-state index is 6.10. The normalized spacial score (nSPS) is 12.5. The highest BCUT2D eigenvalue weighted by atomic mass is 14.7. The van der Waals surface area contributed by atoms with Crippen LogP contribution in [0.2, 0.25) is 0 Å². The molecule has 2 heteroatoms. The van der Waals surface area contributed by atoms with Gasteiger partial charge in [-0.15, -0.1) is 0 Å². The number of hydrogen-bond acceptors (Lipinski definition) is 2. The standard InChI is InChI=1S/C17H16N2/c1-12(18)15-11-19-16-10-6-5-9-14(16)17(15)13-7-3-2-4-8-13/h2-12H,18H2,1H3/t12-/m0/s1. The highest BCUT2D eigenvalue weighted by molar-refractivity contribution is 5.96. The van der Waals surface area contributed by atoms with Gasteiger partial charge in [0.2, 0.25) is 0 Å². The molecule has 2 aromatic carbocycles. The Kier molecular flexibility index (Phi) is 3.02. The summed E-state index contributed by atoms with van der Waals surface area (Å²) in [6.07, 6.45) is 1.90. The molecule has 0 saturated heterocycles. The van der Waals surface area contributed by atoms with Crippen molar-refractivity contribution in [3.63, 3.8) is 0 Å². The lowest BCUT2D eigenvalue weighted by Gasteiger charge is -2.15. The van der Waals surface area contributed by atoms with E-state index < -0.39 is 0 Å². The molecule has 1 atom stereocenters. The minimum absolute atomic E-state index is 0.0349. The van der Waals surface area contributed by atoms with E-state index in [2.05, 4.69) is 35.3 Å². The van der Waals surface area contributed by atoms with Crippen LogP contribution in [0.5, 0.6) is 0 Å². The van der Waals surface area contributed by atoms with Gasteiger partial charge < -0.3 is 5.73 Å². The second kappa shape index (κ2) is 4.82. The molecule has 0 bridgehead atoms. The van der Waals surface area contributed by atoms with E-state index >= 15 is 0 Å². The van der Waals surface area contributed by atoms with Gasteiger partial charge in [-0.2, -0.15) is 0 Å². The number of rotatable bonds is 2. The van der Waals surface area contributed by atoms with Crippen molar-refractivity contribution in [2.45, 2.75) is 13.0 Å². The van der Waals surface area contributed by atoms with E-state index in [0.29, 0.717) is 0 Å². The Morgan fingerprint density at radius 1 is 0.947 bits per heavy atom. The molecule has 3 aromatic rings. The first-order valence-corrected chi connectivity index (χ1v) is 6.46. The maximum Gasteiger partial charge on any atom is 0.0708 e. The molecule has 0 aliphatic rings. The van der Waals surface area contributed by atoms with Crippen molar-refractivity contribution >= 4 is 10.9 Å². The Morgan fingerprint density at radius 3 is 2.37 bits per heavy atom. The summed E-state index contributed by atoms with van der Waals surface area (Å²) in [5.41, 5.74) is 10.6. The molecule has 19 heavy (non-hydrogen) atoms. The van der Waals surface area contributed by atoms with E-state index in [1.54, 1.807) is 0 Å². The lowest BCUT2D eigenvalue weighted by atomic mass is 9.93. The van der Waals surface area contributed by atoms with Crippen LogP contribution in [0.3, 0.4) is 0 Å². The summed E-state index contributed by atoms with van der Waals surface area (Å²) in [7, 11) is 0. The summed E-state index contributed by atoms with van der Waals surface area (Å²) in [6, 6.07) is 18.5. The summed E-state index contributed by atoms with van der Waals surface area (Å²) in [5.74, 6) is 0. The molecule has 0 fully saturated rings. The molecule has 0 aliphatic heterocycles. The first-order chi connectivity index (χ1) is 9.27. The average molecular weight is 248 g/mol. The van der Waals surface area contributed by atoms with Gasteiger partial charge in [-0.1, -0.05) is 48.5 Å². The van der Waals surface area contributed by atoms with E-state index in [1.165, 1.54) is 11.1 Å². The monoisotopic (exact) mass is 248 g/mol. The summed E-state index contributed by atoms with van der Waals surface area (Å²) >= 11 is 0. The first-order valence-electron chi connectivity index (χ1n) is 6.46. The summed E-state index contributed by atoms with van der Waals surface area (Å²) in [6.45, 7) is 2.00. The number of hydrogen-bond donors (Lipinski definition) is 1. The van der Waals surface area contributed by atoms with Gasteiger partial charge in [-0.25, -0.2) is 0 Å². The highest BCUT2D eigenvalue weighted by Crippen LogP contribution is 2.33. The number of aromatic nitrogens is 1. The third-order valence-corrected chi connectivity index (χ3v) is 3.36. The zero-order valence-corrected chi connectivity index (χ0v) is 10.9. The molecule has 2 N–H and O–H groups in total. The van der Waals surface area contributed by atoms with E-state index in [0.717, 1.165) is 16.5 Å². The molecule has 0 amide bonds. The maximum atomic E-state index is 6.10. The van der Waals surface area contributed by atoms with Crippen molar-refractivity contribution in [2.24, 2.45) is 5.73 Å². The van der Waals surface area contributed by atoms with E-state index in [1.807, 2.05) is 37.4 Å². The second-order valence-corrected chi connectivity index (χ2v) is 4.76. The second-order valence-electron chi connectivity index (χ2n) is 4.76. The van der Waals surface area contributed by atoms with Crippen LogP contribution in [-0.2, 0) is 0 Å². The Hall–Kier alpha value is -2.19. The molecule has 0 unspecified atom stereocenters. The van der Waals surface area contributed by atoms with Gasteiger partial charge in [0.15, 0.2) is 0 Å². The quantitative estimate of drug-likeness (QED) is 0.746. The van der Waals surface area contributed by atoms with Crippen LogP contribution < -0.4 is 5.73 Å². The molecule has 1 heterocycles. The topological polar surface area (TPSA) is 38.9 Å². The number of benzene rings is 2. The first kappa shape index (κ1) is 11.9. The molecule has 1 aromatic heterocycles. The van der Waals surface area contributed by atoms with Crippen LogP contribution in [0, 0.1) is 0 Å². The molecule has 0 saturated carbocycles. The predicted molar refractivity (Wildman–Crippen MR) is 79.8 cm³/mol. The average Bonchev–Trinajstić information content (AvgIpc) is 2.46. The fourth-order valence-electron chi connectivity index (χ4n) is 2.43. The molecule has 2 nitrogen and oxygen atoms in total. The highest BCUT2D eigenvalue weighted by Gasteiger charge is 2.13. The van der Waals surface area contributed by atoms with E-state index in [-0.39, 0.29) is 6.04 Å². The Labute approximate surface area is 112 Å². The number of nitrogens with zero attached hydrogens (tertiary/aromatic N) is 1. The summed E-state index contributed by atoms with van der Waals surface area (Å²) < 4.78 is 0. The van der Waals surface area contributed by atoms with Gasteiger partial charge in [-0.05, 0) is 29.7 Å². The number of nitrogens with two attached hydrogens (primary N) is 1. The minimum atomic E-state index is -0.0349. The number of pyridine rings is 1. The zero-order chi connectivity index (χ0) is 13.2. The number of para-hydroxylation sites is 1. The van der Waals surface area contributed by atoms with Crippen molar-refractivity contribution in [3.8, 4) is 11.1 Å². The van der Waals surface area contributed by atoms with Crippen LogP contribution in [0.15, 0.2) is 60.8 Å². The molecule has 94 valence electrons. The third kappa shape index (κ3) is 2.11. The lowest BCUT2D eigenvalue weighted by molar-refractivity contribution is 0.816. The van der Waals surface area contributed by atoms with Crippen molar-refractivity contribution < 1.29 is 0 Å². The SMILES string of the molecule is C[C@H](N)c1cnc2ccccc2c1-c1ccccc1. The van der Waals surface area contributed by atoms with Crippen LogP contribution in [0.1, 0.15) is 18.5 Å². The van der Waals surface area contributed by atoms with Crippen LogP contribution in [-0.4, -0.2) is 4.98 Å². The summed E-state index contributed by atoms with van der Waals surface area (Å²) in [4.78, 5) is 4.51. The fourth-order valence-corrected chi connectivity index (χ4v) is 2.43. The van der Waals surface area contributed by atoms with Gasteiger partial charge in [-0.3, -0.25) is 4.98 Å². The van der Waals surface area contributed by atoms with Crippen molar-refractivity contribution in [1.82, 2.24) is 4.98 Å². The molecule has 0 radical (unpaired) electrons. The van der Waals surface area contributed by atoms with Gasteiger partial charge in [0.25, 0.3) is 0 Å². The van der Waals surface area contributed by atoms with Gasteiger partial charge in [0, 0.05) is 17.6 Å². The Balaban J connectivity index is 2.39. The molecule has 3 rings (SSSR count). The number of fused-ring (bicyclic) bond motifs is 1. The lowest BCUT2D eigenvalue weighted by Crippen LogP contribution is -2.07. The Morgan fingerprint density at radius 2 is 1.63 bits per heavy atom. The van der Waals surface area contributed by atoms with Gasteiger partial charge >= 0.3 is 0 Å². The molecular weight excluding hydrogens is 232 g/mol. The minimum Gasteiger partial charge on any atom is -0.324 e. The van der Waals surface area contributed by atoms with Crippen molar-refractivity contribution in [1.29, 1.82) is 0 Å². The summed E-state index contributed by atoms with van der Waals surface area (Å²) in [5, 5.41) is 1.16. The van der Waals surface area contributed by atoms with Gasteiger partial charge in [0.05, 0.1) is 5.52 Å². The predicted octanol–water partition coefficient (Wildman–Crippen LogP) is 3.92. The van der Waals surface area contributed by atoms with Crippen molar-refractivity contribution in [3.05, 3.63) is 66.4 Å². The third-order valence-electron chi connectivity index (χ3n) is 3.36. The fraction of sp³-hybridized carbons (Fsp3) is 0.118. The van der Waals surface area contributed by atoms with Crippen LogP contribution in [0.25, 0.3) is 22.0 Å². The smallest absolute Gasteiger partial charge is 0.0708 e. The van der Waals surface area contributed by atoms with Gasteiger partial charge in [0.1, 0.15) is 0 Å². The van der Waals surface area contributed by atoms with Crippen LogP contribution in [0.4, 0.5) is 0 Å². The zero-order valence-electron chi connectivity index (χ0n) is 10.9. The Bertz CT molecular complexity index is 703. The van der Waals surface area contributed by atoms with E-state index in [4.69, 9.17) is 5.73 Å². The molecule has 0 spiro atoms. The van der Waals surface area contributed by atoms with Crippen molar-refractivity contribution in [2.75, 3.05) is 0 Å². The van der Waals surface area contributed by atoms with E-state index in [9.17, 15) is 0 Å².